The average molecular weight is 371 g/mol. The lowest BCUT2D eigenvalue weighted by Gasteiger charge is -2.14. The predicted octanol–water partition coefficient (Wildman–Crippen LogP) is 3.98. The molecule has 0 radical (unpaired) electrons. The van der Waals surface area contributed by atoms with Crippen LogP contribution in [0.5, 0.6) is 0 Å². The molecule has 3 aromatic rings. The monoisotopic (exact) mass is 371 g/mol. The van der Waals surface area contributed by atoms with Crippen LogP contribution in [0.4, 0.5) is 14.6 Å². The van der Waals surface area contributed by atoms with E-state index < -0.39 is 11.6 Å². The van der Waals surface area contributed by atoms with E-state index in [0.29, 0.717) is 17.9 Å². The van der Waals surface area contributed by atoms with Crippen molar-refractivity contribution in [2.24, 2.45) is 0 Å². The Labute approximate surface area is 153 Å². The molecule has 2 heterocycles. The second-order valence-corrected chi connectivity index (χ2v) is 7.10. The van der Waals surface area contributed by atoms with E-state index in [4.69, 9.17) is 0 Å². The highest BCUT2D eigenvalue weighted by atomic mass is 32.2. The van der Waals surface area contributed by atoms with Crippen molar-refractivity contribution in [1.82, 2.24) is 9.78 Å². The molecule has 0 bridgehead atoms. The van der Waals surface area contributed by atoms with Crippen LogP contribution < -0.4 is 5.32 Å². The number of anilines is 1. The minimum Gasteiger partial charge on any atom is -0.310 e. The van der Waals surface area contributed by atoms with Gasteiger partial charge in [0.05, 0.1) is 23.7 Å². The fraction of sp³-hybridized carbons (Fsp3) is 0.158. The van der Waals surface area contributed by atoms with Crippen molar-refractivity contribution >= 4 is 23.5 Å². The van der Waals surface area contributed by atoms with Gasteiger partial charge >= 0.3 is 0 Å². The highest BCUT2D eigenvalue weighted by Crippen LogP contribution is 2.41. The zero-order valence-corrected chi connectivity index (χ0v) is 14.5. The number of hydrogen-bond donors (Lipinski definition) is 1. The van der Waals surface area contributed by atoms with Crippen molar-refractivity contribution in [3.8, 4) is 0 Å². The van der Waals surface area contributed by atoms with Gasteiger partial charge in [-0.1, -0.05) is 36.4 Å². The van der Waals surface area contributed by atoms with Crippen molar-refractivity contribution in [2.45, 2.75) is 11.8 Å². The molecule has 0 fully saturated rings. The van der Waals surface area contributed by atoms with Gasteiger partial charge in [-0.15, -0.1) is 11.8 Å². The molecule has 26 heavy (non-hydrogen) atoms. The highest BCUT2D eigenvalue weighted by molar-refractivity contribution is 8.00. The van der Waals surface area contributed by atoms with E-state index in [-0.39, 0.29) is 16.9 Å². The largest absolute Gasteiger partial charge is 0.310 e. The number of rotatable bonds is 3. The van der Waals surface area contributed by atoms with Gasteiger partial charge in [0.15, 0.2) is 11.6 Å². The first kappa shape index (κ1) is 16.8. The molecule has 1 aromatic heterocycles. The van der Waals surface area contributed by atoms with Gasteiger partial charge in [-0.3, -0.25) is 4.79 Å². The fourth-order valence-corrected chi connectivity index (χ4v) is 4.05. The summed E-state index contributed by atoms with van der Waals surface area (Å²) in [6.07, 6.45) is 1.68. The Morgan fingerprint density at radius 3 is 2.73 bits per heavy atom. The van der Waals surface area contributed by atoms with Gasteiger partial charge in [0.25, 0.3) is 0 Å². The minimum atomic E-state index is -0.898. The van der Waals surface area contributed by atoms with Crippen molar-refractivity contribution in [2.75, 3.05) is 11.1 Å². The number of nitrogens with zero attached hydrogens (tertiary/aromatic N) is 2. The number of aromatic nitrogens is 2. The molecule has 0 spiro atoms. The number of nitrogens with one attached hydrogen (secondary N) is 1. The molecule has 0 aliphatic carbocycles. The lowest BCUT2D eigenvalue weighted by molar-refractivity contribution is -0.113. The Hall–Kier alpha value is -2.67. The fourth-order valence-electron chi connectivity index (χ4n) is 2.97. The van der Waals surface area contributed by atoms with Crippen LogP contribution in [-0.2, 0) is 11.3 Å². The molecular formula is C19H15F2N3OS. The molecule has 4 nitrogen and oxygen atoms in total. The van der Waals surface area contributed by atoms with Gasteiger partial charge in [-0.2, -0.15) is 5.10 Å². The molecule has 1 aliphatic rings. The molecule has 0 saturated heterocycles. The predicted molar refractivity (Wildman–Crippen MR) is 97.1 cm³/mol. The third kappa shape index (κ3) is 3.22. The summed E-state index contributed by atoms with van der Waals surface area (Å²) in [6.45, 7) is 0.506. The van der Waals surface area contributed by atoms with Crippen LogP contribution in [-0.4, -0.2) is 21.4 Å². The molecular weight excluding hydrogens is 356 g/mol. The van der Waals surface area contributed by atoms with E-state index in [0.717, 1.165) is 17.2 Å². The molecule has 4 rings (SSSR count). The lowest BCUT2D eigenvalue weighted by atomic mass is 10.1. The second kappa shape index (κ2) is 6.92. The van der Waals surface area contributed by atoms with Crippen LogP contribution in [0.15, 0.2) is 54.7 Å². The summed E-state index contributed by atoms with van der Waals surface area (Å²) in [4.78, 5) is 12.1. The van der Waals surface area contributed by atoms with Crippen LogP contribution in [0.1, 0.15) is 21.9 Å². The number of benzene rings is 2. The number of thioether (sulfide) groups is 1. The van der Waals surface area contributed by atoms with Crippen LogP contribution in [0.2, 0.25) is 0 Å². The number of fused-ring (bicyclic) bond motifs is 1. The number of halogens is 2. The van der Waals surface area contributed by atoms with Crippen LogP contribution >= 0.6 is 11.8 Å². The van der Waals surface area contributed by atoms with Gasteiger partial charge in [0.2, 0.25) is 5.91 Å². The van der Waals surface area contributed by atoms with Crippen LogP contribution in [0, 0.1) is 11.6 Å². The Morgan fingerprint density at radius 2 is 1.96 bits per heavy atom. The normalized spacial score (nSPS) is 16.7. The molecule has 7 heteroatoms. The zero-order chi connectivity index (χ0) is 18.1. The Bertz CT molecular complexity index is 959. The third-order valence-electron chi connectivity index (χ3n) is 4.21. The lowest BCUT2D eigenvalue weighted by Crippen LogP contribution is -2.16. The van der Waals surface area contributed by atoms with Gasteiger partial charge in [-0.25, -0.2) is 13.5 Å². The second-order valence-electron chi connectivity index (χ2n) is 6.00. The van der Waals surface area contributed by atoms with E-state index in [9.17, 15) is 13.6 Å². The molecule has 2 aromatic carbocycles. The Morgan fingerprint density at radius 1 is 1.15 bits per heavy atom. The first-order valence-corrected chi connectivity index (χ1v) is 9.13. The topological polar surface area (TPSA) is 46.9 Å². The van der Waals surface area contributed by atoms with E-state index in [1.807, 2.05) is 30.3 Å². The standard InChI is InChI=1S/C19H15F2N3OS/c20-15-7-6-13(8-16(15)21)18-14-9-22-24(10-12-4-2-1-3-5-12)19(14)23-17(25)11-26-18/h1-9,18H,10-11H2,(H,23,25)/t18-/m0/s1. The van der Waals surface area contributed by atoms with E-state index in [1.165, 1.54) is 17.8 Å². The number of hydrogen-bond acceptors (Lipinski definition) is 3. The van der Waals surface area contributed by atoms with Crippen LogP contribution in [0.25, 0.3) is 0 Å². The number of carbonyl (C=O) groups excluding carboxylic acids is 1. The molecule has 1 amide bonds. The van der Waals surface area contributed by atoms with Gasteiger partial charge < -0.3 is 5.32 Å². The number of carbonyl (C=O) groups is 1. The summed E-state index contributed by atoms with van der Waals surface area (Å²) in [5.41, 5.74) is 2.43. The van der Waals surface area contributed by atoms with Gasteiger partial charge in [0.1, 0.15) is 5.82 Å². The highest BCUT2D eigenvalue weighted by Gasteiger charge is 2.28. The molecule has 1 N–H and O–H groups in total. The van der Waals surface area contributed by atoms with Crippen molar-refractivity contribution in [3.05, 3.63) is 83.1 Å². The van der Waals surface area contributed by atoms with Crippen LogP contribution in [0.3, 0.4) is 0 Å². The Kier molecular flexibility index (Phi) is 4.46. The summed E-state index contributed by atoms with van der Waals surface area (Å²) in [6, 6.07) is 13.6. The molecule has 0 saturated carbocycles. The zero-order valence-electron chi connectivity index (χ0n) is 13.7. The maximum absolute atomic E-state index is 13.7. The maximum atomic E-state index is 13.7. The first-order chi connectivity index (χ1) is 12.6. The van der Waals surface area contributed by atoms with E-state index in [2.05, 4.69) is 10.4 Å². The summed E-state index contributed by atoms with van der Waals surface area (Å²) >= 11 is 1.37. The van der Waals surface area contributed by atoms with E-state index in [1.54, 1.807) is 16.9 Å². The van der Waals surface area contributed by atoms with Gasteiger partial charge in [-0.05, 0) is 23.3 Å². The summed E-state index contributed by atoms with van der Waals surface area (Å²) in [5, 5.41) is 6.99. The van der Waals surface area contributed by atoms with E-state index >= 15 is 0 Å². The molecule has 1 atom stereocenters. The first-order valence-electron chi connectivity index (χ1n) is 8.08. The summed E-state index contributed by atoms with van der Waals surface area (Å²) in [7, 11) is 0. The summed E-state index contributed by atoms with van der Waals surface area (Å²) < 4.78 is 28.7. The van der Waals surface area contributed by atoms with Crippen molar-refractivity contribution < 1.29 is 13.6 Å². The molecule has 132 valence electrons. The SMILES string of the molecule is O=C1CS[C@@H](c2ccc(F)c(F)c2)c2cnn(Cc3ccccc3)c2N1. The quantitative estimate of drug-likeness (QED) is 0.757. The molecule has 0 unspecified atom stereocenters. The minimum absolute atomic E-state index is 0.142. The van der Waals surface area contributed by atoms with Gasteiger partial charge in [0, 0.05) is 5.56 Å². The maximum Gasteiger partial charge on any atom is 0.235 e. The molecule has 1 aliphatic heterocycles. The third-order valence-corrected chi connectivity index (χ3v) is 5.50. The van der Waals surface area contributed by atoms with Crippen molar-refractivity contribution in [1.29, 1.82) is 0 Å². The number of amides is 1. The summed E-state index contributed by atoms with van der Waals surface area (Å²) in [5.74, 6) is -1.11. The Balaban J connectivity index is 1.74. The van der Waals surface area contributed by atoms with Crippen molar-refractivity contribution in [3.63, 3.8) is 0 Å². The average Bonchev–Trinajstić information content (AvgIpc) is 2.92. The smallest absolute Gasteiger partial charge is 0.235 e.